The maximum absolute atomic E-state index is 12.1. The van der Waals surface area contributed by atoms with E-state index in [0.717, 1.165) is 22.4 Å². The summed E-state index contributed by atoms with van der Waals surface area (Å²) in [6.07, 6.45) is 0.618. The number of benzene rings is 1. The summed E-state index contributed by atoms with van der Waals surface area (Å²) in [5.74, 6) is 1.18. The third-order valence-electron chi connectivity index (χ3n) is 4.59. The zero-order valence-electron chi connectivity index (χ0n) is 15.5. The summed E-state index contributed by atoms with van der Waals surface area (Å²) in [4.78, 5) is 38.8. The number of aromatic nitrogens is 4. The molecule has 0 aliphatic rings. The molecule has 0 unspecified atom stereocenters. The number of hydrogen-bond donors (Lipinski definition) is 3. The highest BCUT2D eigenvalue weighted by molar-refractivity contribution is 5.80. The molecule has 26 heavy (non-hydrogen) atoms. The average Bonchev–Trinajstić information content (AvgIpc) is 2.98. The van der Waals surface area contributed by atoms with Crippen molar-refractivity contribution >= 4 is 16.9 Å². The SMILES string of the molecule is Cc1nc(C)c(CC(=O)NCCc2nc3c(C)c(C)ccc3[nH]2)c(=O)[nH]1. The van der Waals surface area contributed by atoms with Crippen molar-refractivity contribution in [3.8, 4) is 0 Å². The Morgan fingerprint density at radius 1 is 1.12 bits per heavy atom. The van der Waals surface area contributed by atoms with E-state index in [0.29, 0.717) is 30.0 Å². The molecule has 3 aromatic rings. The molecule has 0 aliphatic heterocycles. The summed E-state index contributed by atoms with van der Waals surface area (Å²) >= 11 is 0. The van der Waals surface area contributed by atoms with Crippen molar-refractivity contribution in [3.05, 3.63) is 56.5 Å². The number of carbonyl (C=O) groups excluding carboxylic acids is 1. The molecule has 1 aromatic carbocycles. The van der Waals surface area contributed by atoms with Crippen LogP contribution >= 0.6 is 0 Å². The highest BCUT2D eigenvalue weighted by Crippen LogP contribution is 2.19. The van der Waals surface area contributed by atoms with Crippen molar-refractivity contribution < 1.29 is 4.79 Å². The fourth-order valence-electron chi connectivity index (χ4n) is 2.99. The number of imidazole rings is 1. The van der Waals surface area contributed by atoms with Gasteiger partial charge >= 0.3 is 0 Å². The van der Waals surface area contributed by atoms with E-state index in [9.17, 15) is 9.59 Å². The molecular weight excluding hydrogens is 330 g/mol. The maximum atomic E-state index is 12.1. The predicted molar refractivity (Wildman–Crippen MR) is 100 cm³/mol. The third kappa shape index (κ3) is 3.66. The number of carbonyl (C=O) groups is 1. The fraction of sp³-hybridized carbons (Fsp3) is 0.368. The van der Waals surface area contributed by atoms with Crippen molar-refractivity contribution in [3.63, 3.8) is 0 Å². The number of aryl methyl sites for hydroxylation is 4. The Labute approximate surface area is 151 Å². The van der Waals surface area contributed by atoms with Gasteiger partial charge in [0, 0.05) is 24.2 Å². The fourth-order valence-corrected chi connectivity index (χ4v) is 2.99. The first-order valence-electron chi connectivity index (χ1n) is 8.63. The first-order valence-corrected chi connectivity index (χ1v) is 8.63. The van der Waals surface area contributed by atoms with Gasteiger partial charge in [0.15, 0.2) is 0 Å². The number of fused-ring (bicyclic) bond motifs is 1. The van der Waals surface area contributed by atoms with Crippen molar-refractivity contribution in [2.24, 2.45) is 0 Å². The van der Waals surface area contributed by atoms with E-state index >= 15 is 0 Å². The zero-order valence-corrected chi connectivity index (χ0v) is 15.5. The van der Waals surface area contributed by atoms with Crippen molar-refractivity contribution in [1.29, 1.82) is 0 Å². The summed E-state index contributed by atoms with van der Waals surface area (Å²) < 4.78 is 0. The average molecular weight is 353 g/mol. The molecule has 0 saturated carbocycles. The van der Waals surface area contributed by atoms with Crippen LogP contribution in [0.25, 0.3) is 11.0 Å². The van der Waals surface area contributed by atoms with Gasteiger partial charge in [0.2, 0.25) is 5.91 Å². The lowest BCUT2D eigenvalue weighted by atomic mass is 10.1. The minimum Gasteiger partial charge on any atom is -0.355 e. The Morgan fingerprint density at radius 2 is 1.88 bits per heavy atom. The number of nitrogens with zero attached hydrogens (tertiary/aromatic N) is 2. The monoisotopic (exact) mass is 353 g/mol. The van der Waals surface area contributed by atoms with Gasteiger partial charge in [-0.2, -0.15) is 0 Å². The topological polar surface area (TPSA) is 104 Å². The molecule has 0 spiro atoms. The number of rotatable bonds is 5. The van der Waals surface area contributed by atoms with Crippen LogP contribution in [0, 0.1) is 27.7 Å². The van der Waals surface area contributed by atoms with Crippen LogP contribution in [-0.2, 0) is 17.6 Å². The standard InChI is InChI=1S/C19H23N5O2/c1-10-5-6-15-18(11(10)2)24-16(23-15)7-8-20-17(25)9-14-12(3)21-13(4)22-19(14)26/h5-6H,7-9H2,1-4H3,(H,20,25)(H,23,24)(H,21,22,26). The van der Waals surface area contributed by atoms with Gasteiger partial charge in [0.1, 0.15) is 11.6 Å². The zero-order chi connectivity index (χ0) is 18.8. The predicted octanol–water partition coefficient (Wildman–Crippen LogP) is 1.78. The molecule has 7 heteroatoms. The molecule has 0 bridgehead atoms. The Kier molecular flexibility index (Phi) is 4.88. The van der Waals surface area contributed by atoms with E-state index in [1.807, 2.05) is 6.07 Å². The molecule has 0 atom stereocenters. The quantitative estimate of drug-likeness (QED) is 0.650. The molecule has 3 rings (SSSR count). The molecule has 0 fully saturated rings. The number of nitrogens with one attached hydrogen (secondary N) is 3. The number of H-pyrrole nitrogens is 2. The third-order valence-corrected chi connectivity index (χ3v) is 4.59. The first-order chi connectivity index (χ1) is 12.3. The largest absolute Gasteiger partial charge is 0.355 e. The molecular formula is C19H23N5O2. The molecule has 3 N–H and O–H groups in total. The minimum atomic E-state index is -0.256. The second-order valence-electron chi connectivity index (χ2n) is 6.58. The number of hydrogen-bond acceptors (Lipinski definition) is 4. The summed E-state index contributed by atoms with van der Waals surface area (Å²) in [6, 6.07) is 4.09. The van der Waals surface area contributed by atoms with E-state index < -0.39 is 0 Å². The molecule has 0 saturated heterocycles. The smallest absolute Gasteiger partial charge is 0.254 e. The van der Waals surface area contributed by atoms with Crippen molar-refractivity contribution in [2.75, 3.05) is 6.54 Å². The van der Waals surface area contributed by atoms with Crippen LogP contribution in [0.1, 0.15) is 34.0 Å². The highest BCUT2D eigenvalue weighted by atomic mass is 16.2. The number of aromatic amines is 2. The lowest BCUT2D eigenvalue weighted by molar-refractivity contribution is -0.120. The van der Waals surface area contributed by atoms with Crippen LogP contribution in [0.15, 0.2) is 16.9 Å². The molecule has 0 radical (unpaired) electrons. The van der Waals surface area contributed by atoms with Gasteiger partial charge in [-0.25, -0.2) is 9.97 Å². The van der Waals surface area contributed by atoms with Gasteiger partial charge in [-0.3, -0.25) is 9.59 Å². The Hall–Kier alpha value is -2.96. The summed E-state index contributed by atoms with van der Waals surface area (Å²) in [6.45, 7) is 8.03. The van der Waals surface area contributed by atoms with Crippen molar-refractivity contribution in [1.82, 2.24) is 25.3 Å². The highest BCUT2D eigenvalue weighted by Gasteiger charge is 2.12. The normalized spacial score (nSPS) is 11.1. The second-order valence-corrected chi connectivity index (χ2v) is 6.58. The molecule has 7 nitrogen and oxygen atoms in total. The van der Waals surface area contributed by atoms with Gasteiger partial charge in [0.25, 0.3) is 5.56 Å². The lowest BCUT2D eigenvalue weighted by Gasteiger charge is -2.06. The Bertz CT molecular complexity index is 1030. The van der Waals surface area contributed by atoms with Gasteiger partial charge < -0.3 is 15.3 Å². The van der Waals surface area contributed by atoms with E-state index in [4.69, 9.17) is 0 Å². The van der Waals surface area contributed by atoms with Crippen molar-refractivity contribution in [2.45, 2.75) is 40.5 Å². The van der Waals surface area contributed by atoms with Gasteiger partial charge in [-0.05, 0) is 44.9 Å². The lowest BCUT2D eigenvalue weighted by Crippen LogP contribution is -2.30. The van der Waals surface area contributed by atoms with E-state index in [2.05, 4.69) is 45.2 Å². The van der Waals surface area contributed by atoms with Crippen LogP contribution < -0.4 is 10.9 Å². The van der Waals surface area contributed by atoms with Crippen LogP contribution in [0.2, 0.25) is 0 Å². The van der Waals surface area contributed by atoms with Crippen LogP contribution in [-0.4, -0.2) is 32.4 Å². The Balaban J connectivity index is 1.61. The minimum absolute atomic E-state index is 0.0207. The molecule has 2 aromatic heterocycles. The van der Waals surface area contributed by atoms with E-state index in [1.165, 1.54) is 5.56 Å². The van der Waals surface area contributed by atoms with Crippen LogP contribution in [0.4, 0.5) is 0 Å². The van der Waals surface area contributed by atoms with Crippen LogP contribution in [0.3, 0.4) is 0 Å². The second kappa shape index (κ2) is 7.11. The first kappa shape index (κ1) is 17.8. The molecule has 136 valence electrons. The molecule has 2 heterocycles. The summed E-state index contributed by atoms with van der Waals surface area (Å²) in [5.41, 5.74) is 5.08. The summed E-state index contributed by atoms with van der Waals surface area (Å²) in [7, 11) is 0. The maximum Gasteiger partial charge on any atom is 0.254 e. The van der Waals surface area contributed by atoms with Gasteiger partial charge in [-0.1, -0.05) is 6.07 Å². The summed E-state index contributed by atoms with van der Waals surface area (Å²) in [5, 5.41) is 2.84. The Morgan fingerprint density at radius 3 is 2.62 bits per heavy atom. The van der Waals surface area contributed by atoms with E-state index in [-0.39, 0.29) is 17.9 Å². The van der Waals surface area contributed by atoms with Gasteiger partial charge in [0.05, 0.1) is 17.5 Å². The number of amides is 1. The van der Waals surface area contributed by atoms with Gasteiger partial charge in [-0.15, -0.1) is 0 Å². The van der Waals surface area contributed by atoms with E-state index in [1.54, 1.807) is 13.8 Å². The molecule has 0 aliphatic carbocycles. The van der Waals surface area contributed by atoms with Crippen LogP contribution in [0.5, 0.6) is 0 Å². The molecule has 1 amide bonds.